The summed E-state index contributed by atoms with van der Waals surface area (Å²) >= 11 is 5.98. The van der Waals surface area contributed by atoms with Crippen LogP contribution in [-0.4, -0.2) is 11.2 Å². The monoisotopic (exact) mass is 280 g/mol. The van der Waals surface area contributed by atoms with Crippen molar-refractivity contribution in [1.29, 1.82) is 0 Å². The highest BCUT2D eigenvalue weighted by molar-refractivity contribution is 6.30. The highest BCUT2D eigenvalue weighted by atomic mass is 35.5. The normalized spacial score (nSPS) is 34.5. The van der Waals surface area contributed by atoms with Crippen molar-refractivity contribution in [3.8, 4) is 5.75 Å². The van der Waals surface area contributed by atoms with Crippen LogP contribution in [0.3, 0.4) is 0 Å². The lowest BCUT2D eigenvalue weighted by Gasteiger charge is -2.37. The van der Waals surface area contributed by atoms with Crippen LogP contribution >= 0.6 is 11.6 Å². The Morgan fingerprint density at radius 1 is 1.21 bits per heavy atom. The first-order valence-electron chi connectivity index (χ1n) is 7.27. The number of fused-ring (bicyclic) bond motifs is 1. The maximum atomic E-state index is 10.3. The third-order valence-electron chi connectivity index (χ3n) is 4.65. The Bertz CT molecular complexity index is 452. The molecule has 1 aliphatic heterocycles. The molecule has 0 saturated heterocycles. The molecule has 2 aliphatic rings. The minimum atomic E-state index is -0.438. The molecule has 0 spiro atoms. The van der Waals surface area contributed by atoms with Crippen LogP contribution in [-0.2, 0) is 0 Å². The molecule has 1 aromatic carbocycles. The van der Waals surface area contributed by atoms with Crippen LogP contribution in [0.5, 0.6) is 5.75 Å². The van der Waals surface area contributed by atoms with E-state index in [1.165, 1.54) is 25.7 Å². The maximum absolute atomic E-state index is 10.3. The van der Waals surface area contributed by atoms with Crippen molar-refractivity contribution in [3.63, 3.8) is 0 Å². The van der Waals surface area contributed by atoms with Gasteiger partial charge in [0, 0.05) is 17.0 Å². The standard InChI is InChI=1S/C16H21ClO2/c1-10-2-4-11(5-3-10)16-9-14(18)13-8-12(17)6-7-15(13)19-16/h6-8,10-11,14,16,18H,2-5,9H2,1H3. The Morgan fingerprint density at radius 3 is 2.68 bits per heavy atom. The molecule has 19 heavy (non-hydrogen) atoms. The van der Waals surface area contributed by atoms with E-state index in [0.717, 1.165) is 17.2 Å². The second-order valence-corrected chi connectivity index (χ2v) is 6.55. The summed E-state index contributed by atoms with van der Waals surface area (Å²) in [6, 6.07) is 5.54. The molecule has 2 unspecified atom stereocenters. The topological polar surface area (TPSA) is 29.5 Å². The van der Waals surface area contributed by atoms with Crippen LogP contribution < -0.4 is 4.74 Å². The zero-order chi connectivity index (χ0) is 13.4. The van der Waals surface area contributed by atoms with Gasteiger partial charge in [0.1, 0.15) is 11.9 Å². The first kappa shape index (κ1) is 13.3. The van der Waals surface area contributed by atoms with Gasteiger partial charge in [-0.2, -0.15) is 0 Å². The summed E-state index contributed by atoms with van der Waals surface area (Å²) in [5.74, 6) is 2.25. The summed E-state index contributed by atoms with van der Waals surface area (Å²) in [5, 5.41) is 11.0. The van der Waals surface area contributed by atoms with E-state index in [2.05, 4.69) is 6.92 Å². The first-order valence-corrected chi connectivity index (χ1v) is 7.65. The highest BCUT2D eigenvalue weighted by Gasteiger charge is 2.34. The molecule has 1 N–H and O–H groups in total. The van der Waals surface area contributed by atoms with Gasteiger partial charge >= 0.3 is 0 Å². The van der Waals surface area contributed by atoms with E-state index in [1.807, 2.05) is 18.2 Å². The van der Waals surface area contributed by atoms with Gasteiger partial charge in [-0.3, -0.25) is 0 Å². The van der Waals surface area contributed by atoms with Crippen molar-refractivity contribution >= 4 is 11.6 Å². The van der Waals surface area contributed by atoms with Gasteiger partial charge in [0.2, 0.25) is 0 Å². The molecule has 2 nitrogen and oxygen atoms in total. The number of halogens is 1. The van der Waals surface area contributed by atoms with Crippen LogP contribution in [0.1, 0.15) is 50.7 Å². The molecule has 0 amide bonds. The lowest BCUT2D eigenvalue weighted by Crippen LogP contribution is -2.34. The molecule has 3 heteroatoms. The Morgan fingerprint density at radius 2 is 1.95 bits per heavy atom. The number of hydrogen-bond donors (Lipinski definition) is 1. The summed E-state index contributed by atoms with van der Waals surface area (Å²) in [6.45, 7) is 2.32. The third-order valence-corrected chi connectivity index (χ3v) is 4.89. The van der Waals surface area contributed by atoms with Gasteiger partial charge in [-0.1, -0.05) is 31.4 Å². The van der Waals surface area contributed by atoms with E-state index >= 15 is 0 Å². The van der Waals surface area contributed by atoms with Crippen molar-refractivity contribution in [2.75, 3.05) is 0 Å². The lowest BCUT2D eigenvalue weighted by molar-refractivity contribution is 0.0194. The van der Waals surface area contributed by atoms with Crippen molar-refractivity contribution in [1.82, 2.24) is 0 Å². The fraction of sp³-hybridized carbons (Fsp3) is 0.625. The van der Waals surface area contributed by atoms with E-state index in [4.69, 9.17) is 16.3 Å². The third kappa shape index (κ3) is 2.75. The fourth-order valence-corrected chi connectivity index (χ4v) is 3.57. The molecule has 104 valence electrons. The SMILES string of the molecule is CC1CCC(C2CC(O)c3cc(Cl)ccc3O2)CC1. The minimum Gasteiger partial charge on any atom is -0.490 e. The van der Waals surface area contributed by atoms with E-state index in [0.29, 0.717) is 17.4 Å². The number of aliphatic hydroxyl groups is 1. The largest absolute Gasteiger partial charge is 0.490 e. The second kappa shape index (κ2) is 5.34. The summed E-state index contributed by atoms with van der Waals surface area (Å²) < 4.78 is 6.11. The van der Waals surface area contributed by atoms with Crippen molar-refractivity contribution in [2.45, 2.75) is 51.2 Å². The molecule has 0 radical (unpaired) electrons. The molecule has 1 heterocycles. The summed E-state index contributed by atoms with van der Waals surface area (Å²) in [7, 11) is 0. The number of benzene rings is 1. The fourth-order valence-electron chi connectivity index (χ4n) is 3.39. The molecule has 3 rings (SSSR count). The molecule has 1 aliphatic carbocycles. The van der Waals surface area contributed by atoms with Gasteiger partial charge in [-0.25, -0.2) is 0 Å². The Balaban J connectivity index is 1.75. The molecule has 1 aromatic rings. The average Bonchev–Trinajstić information content (AvgIpc) is 2.40. The molecular weight excluding hydrogens is 260 g/mol. The van der Waals surface area contributed by atoms with Crippen LogP contribution in [0, 0.1) is 11.8 Å². The van der Waals surface area contributed by atoms with Crippen LogP contribution in [0.4, 0.5) is 0 Å². The number of rotatable bonds is 1. The first-order chi connectivity index (χ1) is 9.13. The number of ether oxygens (including phenoxy) is 1. The minimum absolute atomic E-state index is 0.163. The van der Waals surface area contributed by atoms with Crippen molar-refractivity contribution in [2.24, 2.45) is 11.8 Å². The predicted octanol–water partition coefficient (Wildman–Crippen LogP) is 4.35. The average molecular weight is 281 g/mol. The van der Waals surface area contributed by atoms with Gasteiger partial charge in [0.15, 0.2) is 0 Å². The van der Waals surface area contributed by atoms with Crippen LogP contribution in [0.15, 0.2) is 18.2 Å². The lowest BCUT2D eigenvalue weighted by atomic mass is 9.78. The molecule has 2 atom stereocenters. The number of aliphatic hydroxyl groups excluding tert-OH is 1. The maximum Gasteiger partial charge on any atom is 0.125 e. The summed E-state index contributed by atoms with van der Waals surface area (Å²) in [4.78, 5) is 0. The van der Waals surface area contributed by atoms with Crippen LogP contribution in [0.2, 0.25) is 5.02 Å². The second-order valence-electron chi connectivity index (χ2n) is 6.11. The van der Waals surface area contributed by atoms with E-state index in [-0.39, 0.29) is 6.10 Å². The Hall–Kier alpha value is -0.730. The zero-order valence-electron chi connectivity index (χ0n) is 11.3. The zero-order valence-corrected chi connectivity index (χ0v) is 12.1. The van der Waals surface area contributed by atoms with E-state index in [1.54, 1.807) is 0 Å². The van der Waals surface area contributed by atoms with Gasteiger partial charge in [0.25, 0.3) is 0 Å². The molecular formula is C16H21ClO2. The molecule has 0 aromatic heterocycles. The Kier molecular flexibility index (Phi) is 3.72. The molecule has 1 fully saturated rings. The van der Waals surface area contributed by atoms with Crippen molar-refractivity contribution < 1.29 is 9.84 Å². The highest BCUT2D eigenvalue weighted by Crippen LogP contribution is 2.41. The number of hydrogen-bond acceptors (Lipinski definition) is 2. The molecule has 0 bridgehead atoms. The summed E-state index contributed by atoms with van der Waals surface area (Å²) in [5.41, 5.74) is 0.841. The van der Waals surface area contributed by atoms with E-state index in [9.17, 15) is 5.11 Å². The summed E-state index contributed by atoms with van der Waals surface area (Å²) in [6.07, 6.45) is 5.44. The van der Waals surface area contributed by atoms with Gasteiger partial charge in [-0.05, 0) is 42.9 Å². The van der Waals surface area contributed by atoms with Crippen molar-refractivity contribution in [3.05, 3.63) is 28.8 Å². The van der Waals surface area contributed by atoms with E-state index < -0.39 is 6.10 Å². The van der Waals surface area contributed by atoms with Gasteiger partial charge in [0.05, 0.1) is 6.10 Å². The smallest absolute Gasteiger partial charge is 0.125 e. The van der Waals surface area contributed by atoms with Crippen LogP contribution in [0.25, 0.3) is 0 Å². The molecule has 1 saturated carbocycles. The quantitative estimate of drug-likeness (QED) is 0.829. The van der Waals surface area contributed by atoms with Gasteiger partial charge < -0.3 is 9.84 Å². The Labute approximate surface area is 119 Å². The van der Waals surface area contributed by atoms with Gasteiger partial charge in [-0.15, -0.1) is 0 Å². The predicted molar refractivity (Wildman–Crippen MR) is 76.6 cm³/mol.